The van der Waals surface area contributed by atoms with E-state index >= 15 is 0 Å². The molecule has 1 atom stereocenters. The Morgan fingerprint density at radius 2 is 1.93 bits per heavy atom. The van der Waals surface area contributed by atoms with Gasteiger partial charge in [-0.3, -0.25) is 20.0 Å². The van der Waals surface area contributed by atoms with Gasteiger partial charge in [0.1, 0.15) is 18.5 Å². The molecule has 0 saturated carbocycles. The van der Waals surface area contributed by atoms with Gasteiger partial charge in [-0.15, -0.1) is 0 Å². The van der Waals surface area contributed by atoms with Gasteiger partial charge >= 0.3 is 0 Å². The molecule has 1 fully saturated rings. The molecule has 2 N–H and O–H groups in total. The number of aliphatic imine (C=N–C) groups is 1. The van der Waals surface area contributed by atoms with E-state index in [9.17, 15) is 15.2 Å². The van der Waals surface area contributed by atoms with E-state index in [2.05, 4.69) is 34.0 Å². The smallest absolute Gasteiger partial charge is 0.269 e. The Hall–Kier alpha value is -2.39. The number of hydrogen-bond donors (Lipinski definition) is 2. The van der Waals surface area contributed by atoms with E-state index in [0.717, 1.165) is 45.2 Å². The fourth-order valence-corrected chi connectivity index (χ4v) is 3.19. The summed E-state index contributed by atoms with van der Waals surface area (Å²) in [4.78, 5) is 19.5. The molecule has 1 aliphatic heterocycles. The number of piperazine rings is 1. The Morgan fingerprint density at radius 1 is 1.28 bits per heavy atom. The summed E-state index contributed by atoms with van der Waals surface area (Å²) >= 11 is 0. The van der Waals surface area contributed by atoms with Crippen molar-refractivity contribution < 1.29 is 14.8 Å². The SMILES string of the molecule is CCNC(=NCC(O)COc1ccc([N+](=O)[O-])cc1)N1CCN(CC(C)C)CC1. The third-order valence-corrected chi connectivity index (χ3v) is 4.57. The molecule has 1 saturated heterocycles. The topological polar surface area (TPSA) is 103 Å². The average molecular weight is 408 g/mol. The number of benzene rings is 1. The number of nitro groups is 1. The van der Waals surface area contributed by atoms with Crippen LogP contribution >= 0.6 is 0 Å². The van der Waals surface area contributed by atoms with Gasteiger partial charge in [0, 0.05) is 51.4 Å². The van der Waals surface area contributed by atoms with Crippen LogP contribution in [-0.4, -0.2) is 84.3 Å². The molecule has 162 valence electrons. The Labute approximate surface area is 172 Å². The summed E-state index contributed by atoms with van der Waals surface area (Å²) in [6, 6.07) is 5.80. The third-order valence-electron chi connectivity index (χ3n) is 4.57. The Kier molecular flexibility index (Phi) is 9.14. The number of nitrogens with zero attached hydrogens (tertiary/aromatic N) is 4. The van der Waals surface area contributed by atoms with Crippen LogP contribution in [0.25, 0.3) is 0 Å². The monoisotopic (exact) mass is 407 g/mol. The van der Waals surface area contributed by atoms with Gasteiger partial charge < -0.3 is 20.1 Å². The minimum Gasteiger partial charge on any atom is -0.491 e. The molecular formula is C20H33N5O4. The summed E-state index contributed by atoms with van der Waals surface area (Å²) in [5, 5.41) is 24.2. The van der Waals surface area contributed by atoms with Crippen LogP contribution in [0.4, 0.5) is 5.69 Å². The van der Waals surface area contributed by atoms with Gasteiger partial charge in [0.15, 0.2) is 5.96 Å². The van der Waals surface area contributed by atoms with E-state index in [4.69, 9.17) is 4.74 Å². The van der Waals surface area contributed by atoms with Crippen LogP contribution in [0.5, 0.6) is 5.75 Å². The minimum atomic E-state index is -0.763. The highest BCUT2D eigenvalue weighted by atomic mass is 16.6. The maximum atomic E-state index is 10.7. The Morgan fingerprint density at radius 3 is 2.48 bits per heavy atom. The lowest BCUT2D eigenvalue weighted by atomic mass is 10.2. The highest BCUT2D eigenvalue weighted by Gasteiger charge is 2.20. The zero-order chi connectivity index (χ0) is 21.2. The number of aliphatic hydroxyl groups excluding tert-OH is 1. The van der Waals surface area contributed by atoms with E-state index in [-0.39, 0.29) is 18.8 Å². The van der Waals surface area contributed by atoms with Crippen molar-refractivity contribution in [2.75, 3.05) is 52.4 Å². The van der Waals surface area contributed by atoms with Crippen molar-refractivity contribution in [3.63, 3.8) is 0 Å². The number of rotatable bonds is 9. The molecule has 0 aromatic heterocycles. The van der Waals surface area contributed by atoms with Gasteiger partial charge in [0.2, 0.25) is 0 Å². The van der Waals surface area contributed by atoms with Gasteiger partial charge in [0.05, 0.1) is 11.5 Å². The molecule has 1 aromatic rings. The van der Waals surface area contributed by atoms with E-state index in [1.54, 1.807) is 0 Å². The summed E-state index contributed by atoms with van der Waals surface area (Å²) < 4.78 is 5.51. The van der Waals surface area contributed by atoms with Gasteiger partial charge in [0.25, 0.3) is 5.69 Å². The predicted octanol–water partition coefficient (Wildman–Crippen LogP) is 1.57. The largest absolute Gasteiger partial charge is 0.491 e. The van der Waals surface area contributed by atoms with Crippen LogP contribution in [0.2, 0.25) is 0 Å². The second-order valence-corrected chi connectivity index (χ2v) is 7.59. The molecule has 9 heteroatoms. The van der Waals surface area contributed by atoms with Crippen molar-refractivity contribution in [1.82, 2.24) is 15.1 Å². The molecule has 0 radical (unpaired) electrons. The number of non-ortho nitro benzene ring substituents is 1. The normalized spacial score (nSPS) is 16.7. The summed E-state index contributed by atoms with van der Waals surface area (Å²) in [5.41, 5.74) is 0.00581. The number of hydrogen-bond acceptors (Lipinski definition) is 6. The van der Waals surface area contributed by atoms with Crippen LogP contribution in [-0.2, 0) is 0 Å². The molecule has 1 aromatic carbocycles. The van der Waals surface area contributed by atoms with Crippen LogP contribution in [0.1, 0.15) is 20.8 Å². The van der Waals surface area contributed by atoms with Crippen molar-refractivity contribution in [2.24, 2.45) is 10.9 Å². The highest BCUT2D eigenvalue weighted by molar-refractivity contribution is 5.80. The van der Waals surface area contributed by atoms with E-state index in [0.29, 0.717) is 11.7 Å². The number of aliphatic hydroxyl groups is 1. The van der Waals surface area contributed by atoms with Crippen LogP contribution < -0.4 is 10.1 Å². The summed E-state index contributed by atoms with van der Waals surface area (Å²) in [6.07, 6.45) is -0.763. The van der Waals surface area contributed by atoms with Crippen molar-refractivity contribution in [3.8, 4) is 5.75 Å². The highest BCUT2D eigenvalue weighted by Crippen LogP contribution is 2.17. The molecule has 29 heavy (non-hydrogen) atoms. The minimum absolute atomic E-state index is 0.00581. The lowest BCUT2D eigenvalue weighted by molar-refractivity contribution is -0.384. The number of nitrogens with one attached hydrogen (secondary N) is 1. The van der Waals surface area contributed by atoms with Gasteiger partial charge in [-0.05, 0) is 25.0 Å². The second kappa shape index (κ2) is 11.6. The van der Waals surface area contributed by atoms with Crippen LogP contribution in [0.3, 0.4) is 0 Å². The van der Waals surface area contributed by atoms with Crippen molar-refractivity contribution in [3.05, 3.63) is 34.4 Å². The third kappa shape index (κ3) is 7.86. The standard InChI is InChI=1S/C20H33N5O4/c1-4-21-20(24-11-9-23(10-12-24)14-16(2)3)22-13-18(26)15-29-19-7-5-17(6-8-19)25(27)28/h5-8,16,18,26H,4,9-15H2,1-3H3,(H,21,22). The van der Waals surface area contributed by atoms with Gasteiger partial charge in [-0.25, -0.2) is 0 Å². The predicted molar refractivity (Wildman–Crippen MR) is 113 cm³/mol. The average Bonchev–Trinajstić information content (AvgIpc) is 2.70. The fraction of sp³-hybridized carbons (Fsp3) is 0.650. The first-order valence-corrected chi connectivity index (χ1v) is 10.2. The molecule has 0 aliphatic carbocycles. The molecule has 1 unspecified atom stereocenters. The van der Waals surface area contributed by atoms with Gasteiger partial charge in [-0.1, -0.05) is 13.8 Å². The van der Waals surface area contributed by atoms with Crippen molar-refractivity contribution in [1.29, 1.82) is 0 Å². The van der Waals surface area contributed by atoms with Crippen LogP contribution in [0.15, 0.2) is 29.3 Å². The zero-order valence-electron chi connectivity index (χ0n) is 17.6. The molecule has 2 rings (SSSR count). The first-order valence-electron chi connectivity index (χ1n) is 10.2. The summed E-state index contributed by atoms with van der Waals surface area (Å²) in [7, 11) is 0. The first-order chi connectivity index (χ1) is 13.9. The lowest BCUT2D eigenvalue weighted by Crippen LogP contribution is -2.53. The Balaban J connectivity index is 1.82. The zero-order valence-corrected chi connectivity index (χ0v) is 17.6. The van der Waals surface area contributed by atoms with Crippen molar-refractivity contribution in [2.45, 2.75) is 26.9 Å². The van der Waals surface area contributed by atoms with E-state index in [1.807, 2.05) is 6.92 Å². The number of guanidine groups is 1. The molecule has 0 amide bonds. The molecule has 9 nitrogen and oxygen atoms in total. The number of ether oxygens (including phenoxy) is 1. The molecule has 0 bridgehead atoms. The van der Waals surface area contributed by atoms with Gasteiger partial charge in [-0.2, -0.15) is 0 Å². The molecule has 1 heterocycles. The molecule has 0 spiro atoms. The second-order valence-electron chi connectivity index (χ2n) is 7.59. The molecule has 1 aliphatic rings. The maximum absolute atomic E-state index is 10.7. The fourth-order valence-electron chi connectivity index (χ4n) is 3.19. The van der Waals surface area contributed by atoms with E-state index in [1.165, 1.54) is 24.3 Å². The summed E-state index contributed by atoms with van der Waals surface area (Å²) in [5.74, 6) is 1.95. The van der Waals surface area contributed by atoms with E-state index < -0.39 is 11.0 Å². The van der Waals surface area contributed by atoms with Crippen LogP contribution in [0, 0.1) is 16.0 Å². The van der Waals surface area contributed by atoms with Crippen molar-refractivity contribution >= 4 is 11.6 Å². The maximum Gasteiger partial charge on any atom is 0.269 e. The molecular weight excluding hydrogens is 374 g/mol. The quantitative estimate of drug-likeness (QED) is 0.277. The number of nitro benzene ring substituents is 1. The summed E-state index contributed by atoms with van der Waals surface area (Å²) in [6.45, 7) is 12.5. The Bertz CT molecular complexity index is 657. The lowest BCUT2D eigenvalue weighted by Gasteiger charge is -2.37. The first kappa shape index (κ1) is 22.9.